The van der Waals surface area contributed by atoms with E-state index in [4.69, 9.17) is 26.8 Å². The van der Waals surface area contributed by atoms with Crippen molar-refractivity contribution in [2.75, 3.05) is 5.73 Å². The molecule has 0 bridgehead atoms. The lowest BCUT2D eigenvalue weighted by molar-refractivity contribution is -0.160. The molecule has 4 aromatic rings. The van der Waals surface area contributed by atoms with E-state index in [1.165, 1.54) is 11.9 Å². The number of nitrogens with two attached hydrogens (primary N) is 1. The fraction of sp³-hybridized carbons (Fsp3) is 0.400. The van der Waals surface area contributed by atoms with Crippen molar-refractivity contribution in [3.8, 4) is 0 Å². The second-order valence-electron chi connectivity index (χ2n) is 9.55. The number of ether oxygens (including phenoxy) is 2. The summed E-state index contributed by atoms with van der Waals surface area (Å²) in [7, 11) is 0. The van der Waals surface area contributed by atoms with Gasteiger partial charge in [0.25, 0.3) is 0 Å². The molecule has 33 heavy (non-hydrogen) atoms. The van der Waals surface area contributed by atoms with Gasteiger partial charge < -0.3 is 19.8 Å². The maximum Gasteiger partial charge on any atom is 0.163 e. The minimum atomic E-state index is -0.605. The largest absolute Gasteiger partial charge is 0.384 e. The van der Waals surface area contributed by atoms with Gasteiger partial charge in [-0.2, -0.15) is 0 Å². The van der Waals surface area contributed by atoms with Crippen molar-refractivity contribution in [1.82, 2.24) is 19.5 Å². The highest BCUT2D eigenvalue weighted by Crippen LogP contribution is 2.49. The topological polar surface area (TPSA) is 88.1 Å². The van der Waals surface area contributed by atoms with Crippen molar-refractivity contribution in [2.24, 2.45) is 5.92 Å². The van der Waals surface area contributed by atoms with Crippen LogP contribution in [-0.4, -0.2) is 37.5 Å². The van der Waals surface area contributed by atoms with Crippen LogP contribution in [0.3, 0.4) is 0 Å². The van der Waals surface area contributed by atoms with Crippen molar-refractivity contribution >= 4 is 39.4 Å². The number of rotatable bonds is 4. The number of fused-ring (bicyclic) bond motifs is 3. The lowest BCUT2D eigenvalue weighted by Gasteiger charge is -2.24. The highest BCUT2D eigenvalue weighted by Gasteiger charge is 2.54. The van der Waals surface area contributed by atoms with Crippen LogP contribution in [0.2, 0.25) is 5.15 Å². The smallest absolute Gasteiger partial charge is 0.163 e. The van der Waals surface area contributed by atoms with Gasteiger partial charge in [0.15, 0.2) is 5.79 Å². The van der Waals surface area contributed by atoms with Crippen LogP contribution < -0.4 is 5.73 Å². The highest BCUT2D eigenvalue weighted by atomic mass is 35.5. The number of halogens is 1. The van der Waals surface area contributed by atoms with Gasteiger partial charge in [0.2, 0.25) is 0 Å². The standard InChI is InChI=1S/C25H26ClN5O2/c1-25(2)32-21-16(6-4-14-3-5-15-7-8-20(27)30-18(15)11-14)12-19(22(21)33-25)31-10-9-17-23(26)28-13-29-24(17)31/h3,5,7-11,13,16,19,21-22H,4,6,12H2,1-2H3,(H2,27,30)/t16-,19+,21+,22-/m0/s1. The minimum absolute atomic E-state index is 0.0348. The predicted molar refractivity (Wildman–Crippen MR) is 128 cm³/mol. The van der Waals surface area contributed by atoms with Gasteiger partial charge in [-0.15, -0.1) is 0 Å². The molecule has 1 saturated heterocycles. The van der Waals surface area contributed by atoms with Crippen molar-refractivity contribution in [3.63, 3.8) is 0 Å². The van der Waals surface area contributed by atoms with Gasteiger partial charge in [0, 0.05) is 11.6 Å². The average molecular weight is 464 g/mol. The summed E-state index contributed by atoms with van der Waals surface area (Å²) in [6, 6.07) is 12.4. The summed E-state index contributed by atoms with van der Waals surface area (Å²) in [6.45, 7) is 3.98. The molecule has 7 nitrogen and oxygen atoms in total. The van der Waals surface area contributed by atoms with Gasteiger partial charge in [-0.1, -0.05) is 23.7 Å². The van der Waals surface area contributed by atoms with E-state index in [0.29, 0.717) is 16.9 Å². The first-order chi connectivity index (χ1) is 15.9. The van der Waals surface area contributed by atoms with Crippen LogP contribution in [0.1, 0.15) is 38.3 Å². The van der Waals surface area contributed by atoms with Crippen LogP contribution in [0.5, 0.6) is 0 Å². The molecule has 3 aromatic heterocycles. The number of hydrogen-bond donors (Lipinski definition) is 1. The molecule has 0 amide bonds. The van der Waals surface area contributed by atoms with Crippen LogP contribution in [0.25, 0.3) is 21.9 Å². The molecule has 8 heteroatoms. The zero-order valence-corrected chi connectivity index (χ0v) is 19.4. The van der Waals surface area contributed by atoms with Gasteiger partial charge >= 0.3 is 0 Å². The van der Waals surface area contributed by atoms with Crippen molar-refractivity contribution in [2.45, 2.75) is 57.1 Å². The number of anilines is 1. The maximum absolute atomic E-state index is 6.40. The van der Waals surface area contributed by atoms with Gasteiger partial charge in [-0.25, -0.2) is 15.0 Å². The molecule has 1 aliphatic heterocycles. The third-order valence-corrected chi connectivity index (χ3v) is 7.25. The Balaban J connectivity index is 1.27. The fourth-order valence-electron chi connectivity index (χ4n) is 5.51. The van der Waals surface area contributed by atoms with Crippen LogP contribution in [0.4, 0.5) is 5.82 Å². The van der Waals surface area contributed by atoms with Crippen LogP contribution >= 0.6 is 11.6 Å². The van der Waals surface area contributed by atoms with Crippen LogP contribution in [0.15, 0.2) is 48.9 Å². The van der Waals surface area contributed by atoms with E-state index >= 15 is 0 Å². The summed E-state index contributed by atoms with van der Waals surface area (Å²) >= 11 is 6.30. The zero-order valence-electron chi connectivity index (χ0n) is 18.6. The zero-order chi connectivity index (χ0) is 22.7. The number of pyridine rings is 1. The summed E-state index contributed by atoms with van der Waals surface area (Å²) in [5, 5.41) is 2.43. The first kappa shape index (κ1) is 20.8. The monoisotopic (exact) mass is 463 g/mol. The fourth-order valence-corrected chi connectivity index (χ4v) is 5.70. The second kappa shape index (κ2) is 7.65. The molecule has 170 valence electrons. The molecule has 2 aliphatic rings. The Bertz CT molecular complexity index is 1350. The SMILES string of the molecule is CC1(C)O[C@@H]2[C@@H](CCc3ccc4ccc(N)nc4c3)C[C@@H](n3ccc4c(Cl)ncnc43)[C@@H]2O1. The average Bonchev–Trinajstić information content (AvgIpc) is 3.43. The Labute approximate surface area is 196 Å². The molecule has 4 heterocycles. The predicted octanol–water partition coefficient (Wildman–Crippen LogP) is 4.93. The van der Waals surface area contributed by atoms with Crippen LogP contribution in [-0.2, 0) is 15.9 Å². The summed E-state index contributed by atoms with van der Waals surface area (Å²) in [5.74, 6) is 0.301. The van der Waals surface area contributed by atoms with E-state index in [1.807, 2.05) is 38.2 Å². The summed E-state index contributed by atoms with van der Waals surface area (Å²) in [4.78, 5) is 13.1. The number of aromatic nitrogens is 4. The normalized spacial score (nSPS) is 26.3. The number of benzene rings is 1. The van der Waals surface area contributed by atoms with Crippen molar-refractivity contribution < 1.29 is 9.47 Å². The Morgan fingerprint density at radius 1 is 1.12 bits per heavy atom. The molecular formula is C25H26ClN5O2. The maximum atomic E-state index is 6.40. The lowest BCUT2D eigenvalue weighted by atomic mass is 9.95. The van der Waals surface area contributed by atoms with E-state index in [9.17, 15) is 0 Å². The van der Waals surface area contributed by atoms with Gasteiger partial charge in [-0.3, -0.25) is 0 Å². The molecule has 2 fully saturated rings. The molecule has 0 unspecified atom stereocenters. The number of nitrogen functional groups attached to an aromatic ring is 1. The Morgan fingerprint density at radius 2 is 1.94 bits per heavy atom. The van der Waals surface area contributed by atoms with E-state index in [2.05, 4.69) is 37.7 Å². The molecular weight excluding hydrogens is 438 g/mol. The third-order valence-electron chi connectivity index (χ3n) is 6.95. The first-order valence-electron chi connectivity index (χ1n) is 11.4. The van der Waals surface area contributed by atoms with E-state index in [-0.39, 0.29) is 18.2 Å². The Hall–Kier alpha value is -2.74. The van der Waals surface area contributed by atoms with Gasteiger partial charge in [0.05, 0.1) is 23.0 Å². The van der Waals surface area contributed by atoms with Gasteiger partial charge in [0.1, 0.15) is 29.0 Å². The Kier molecular flexibility index (Phi) is 4.83. The number of nitrogens with zero attached hydrogens (tertiary/aromatic N) is 4. The first-order valence-corrected chi connectivity index (χ1v) is 11.7. The van der Waals surface area contributed by atoms with E-state index in [0.717, 1.165) is 41.2 Å². The summed E-state index contributed by atoms with van der Waals surface area (Å²) in [5.41, 5.74) is 8.91. The summed E-state index contributed by atoms with van der Waals surface area (Å²) in [6.07, 6.45) is 6.46. The molecule has 1 saturated carbocycles. The minimum Gasteiger partial charge on any atom is -0.384 e. The van der Waals surface area contributed by atoms with Crippen molar-refractivity contribution in [3.05, 3.63) is 59.6 Å². The highest BCUT2D eigenvalue weighted by molar-refractivity contribution is 6.33. The van der Waals surface area contributed by atoms with E-state index in [1.54, 1.807) is 0 Å². The second-order valence-corrected chi connectivity index (χ2v) is 9.91. The number of hydrogen-bond acceptors (Lipinski definition) is 6. The van der Waals surface area contributed by atoms with E-state index < -0.39 is 5.79 Å². The Morgan fingerprint density at radius 3 is 2.82 bits per heavy atom. The molecule has 1 aromatic carbocycles. The molecule has 6 rings (SSSR count). The molecule has 0 radical (unpaired) electrons. The van der Waals surface area contributed by atoms with Crippen LogP contribution in [0, 0.1) is 5.92 Å². The van der Waals surface area contributed by atoms with Gasteiger partial charge in [-0.05, 0) is 68.9 Å². The molecule has 1 aliphatic carbocycles. The summed E-state index contributed by atoms with van der Waals surface area (Å²) < 4.78 is 15.0. The van der Waals surface area contributed by atoms with Crippen molar-refractivity contribution in [1.29, 1.82) is 0 Å². The molecule has 4 atom stereocenters. The molecule has 0 spiro atoms. The lowest BCUT2D eigenvalue weighted by Crippen LogP contribution is -2.27. The number of aryl methyl sites for hydroxylation is 1. The third kappa shape index (κ3) is 3.64. The quantitative estimate of drug-likeness (QED) is 0.432. The molecule has 2 N–H and O–H groups in total.